The summed E-state index contributed by atoms with van der Waals surface area (Å²) in [5, 5.41) is 0. The van der Waals surface area contributed by atoms with E-state index in [1.165, 1.54) is 0 Å². The van der Waals surface area contributed by atoms with Gasteiger partial charge in [-0.25, -0.2) is 4.99 Å². The molecule has 0 saturated carbocycles. The van der Waals surface area contributed by atoms with Gasteiger partial charge in [-0.05, 0) is 5.56 Å². The van der Waals surface area contributed by atoms with Crippen LogP contribution in [-0.4, -0.2) is 18.5 Å². The highest BCUT2D eigenvalue weighted by Crippen LogP contribution is 2.56. The highest BCUT2D eigenvalue weighted by atomic mass is 16.8. The predicted octanol–water partition coefficient (Wildman–Crippen LogP) is 5.60. The van der Waals surface area contributed by atoms with E-state index in [-0.39, 0.29) is 12.6 Å². The number of aliphatic imine (C=N–C) groups is 1. The molecule has 0 bridgehead atoms. The van der Waals surface area contributed by atoms with Crippen LogP contribution in [-0.2, 0) is 32.1 Å². The van der Waals surface area contributed by atoms with Gasteiger partial charge in [-0.15, -0.1) is 0 Å². The number of benzene rings is 4. The Morgan fingerprint density at radius 1 is 0.714 bits per heavy atom. The summed E-state index contributed by atoms with van der Waals surface area (Å²) in [6, 6.07) is 36.4. The van der Waals surface area contributed by atoms with Crippen LogP contribution in [0.5, 0.6) is 0 Å². The number of fused-ring (bicyclic) bond motifs is 1. The van der Waals surface area contributed by atoms with Gasteiger partial charge in [-0.1, -0.05) is 115 Å². The molecule has 0 radical (unpaired) electrons. The Morgan fingerprint density at radius 2 is 1.31 bits per heavy atom. The Balaban J connectivity index is 1.43. The van der Waals surface area contributed by atoms with Crippen LogP contribution in [0.2, 0.25) is 0 Å². The van der Waals surface area contributed by atoms with Gasteiger partial charge in [0.15, 0.2) is 18.5 Å². The third-order valence-electron chi connectivity index (χ3n) is 6.48. The average molecular weight is 462 g/mol. The molecule has 1 saturated heterocycles. The zero-order valence-corrected chi connectivity index (χ0v) is 19.0. The number of hydrogen-bond donors (Lipinski definition) is 0. The van der Waals surface area contributed by atoms with Gasteiger partial charge in [0.2, 0.25) is 0 Å². The summed E-state index contributed by atoms with van der Waals surface area (Å²) in [5.41, 5.74) is 2.54. The molecular formula is C30H23NO4. The molecule has 2 unspecified atom stereocenters. The van der Waals surface area contributed by atoms with Crippen molar-refractivity contribution in [2.45, 2.75) is 17.9 Å². The Labute approximate surface area is 203 Å². The number of hydrogen-bond acceptors (Lipinski definition) is 5. The summed E-state index contributed by atoms with van der Waals surface area (Å²) in [7, 11) is 0. The van der Waals surface area contributed by atoms with Crippen LogP contribution >= 0.6 is 0 Å². The minimum atomic E-state index is -1.26. The van der Waals surface area contributed by atoms with E-state index in [9.17, 15) is 4.79 Å². The maximum absolute atomic E-state index is 13.3. The van der Waals surface area contributed by atoms with Crippen LogP contribution in [0.15, 0.2) is 120 Å². The molecule has 2 atom stereocenters. The van der Waals surface area contributed by atoms with Gasteiger partial charge in [0.05, 0.1) is 0 Å². The number of carbonyl (C=O) groups excluding carboxylic acids is 1. The van der Waals surface area contributed by atoms with Crippen molar-refractivity contribution in [1.29, 1.82) is 0 Å². The lowest BCUT2D eigenvalue weighted by Gasteiger charge is -2.34. The van der Waals surface area contributed by atoms with Crippen molar-refractivity contribution in [2.75, 3.05) is 6.79 Å². The number of ketones is 1. The third kappa shape index (κ3) is 3.48. The molecule has 5 nitrogen and oxygen atoms in total. The van der Waals surface area contributed by atoms with Crippen LogP contribution in [0, 0.1) is 0 Å². The SMILES string of the molecule is O=C(c1ccccc1)c1ccccc1CC1=NC2(c3ccccc3)OCOC2(c2ccccc2)O1. The first-order valence-corrected chi connectivity index (χ1v) is 11.6. The second-order valence-corrected chi connectivity index (χ2v) is 8.54. The normalized spacial score (nSPS) is 22.8. The molecule has 2 aliphatic rings. The first-order valence-electron chi connectivity index (χ1n) is 11.6. The van der Waals surface area contributed by atoms with Crippen LogP contribution in [0.25, 0.3) is 0 Å². The highest BCUT2D eigenvalue weighted by molar-refractivity contribution is 6.10. The molecule has 35 heavy (non-hydrogen) atoms. The molecule has 6 rings (SSSR count). The van der Waals surface area contributed by atoms with Gasteiger partial charge in [0.25, 0.3) is 11.5 Å². The largest absolute Gasteiger partial charge is 0.439 e. The molecular weight excluding hydrogens is 438 g/mol. The van der Waals surface area contributed by atoms with Crippen molar-refractivity contribution in [1.82, 2.24) is 0 Å². The van der Waals surface area contributed by atoms with Crippen molar-refractivity contribution < 1.29 is 19.0 Å². The second kappa shape index (κ2) is 8.62. The zero-order chi connectivity index (χ0) is 23.7. The minimum Gasteiger partial charge on any atom is -0.439 e. The fourth-order valence-electron chi connectivity index (χ4n) is 4.84. The number of rotatable bonds is 6. The zero-order valence-electron chi connectivity index (χ0n) is 19.0. The quantitative estimate of drug-likeness (QED) is 0.351. The van der Waals surface area contributed by atoms with Gasteiger partial charge in [0.1, 0.15) is 0 Å². The molecule has 4 aromatic carbocycles. The number of ether oxygens (including phenoxy) is 3. The summed E-state index contributed by atoms with van der Waals surface area (Å²) < 4.78 is 19.0. The van der Waals surface area contributed by atoms with Gasteiger partial charge in [0, 0.05) is 28.7 Å². The van der Waals surface area contributed by atoms with Crippen molar-refractivity contribution in [2.24, 2.45) is 4.99 Å². The molecule has 1 fully saturated rings. The van der Waals surface area contributed by atoms with Gasteiger partial charge in [-0.3, -0.25) is 4.79 Å². The molecule has 0 aliphatic carbocycles. The molecule has 0 amide bonds. The van der Waals surface area contributed by atoms with Crippen LogP contribution in [0.3, 0.4) is 0 Å². The van der Waals surface area contributed by atoms with E-state index < -0.39 is 11.5 Å². The number of carbonyl (C=O) groups is 1. The maximum atomic E-state index is 13.3. The Morgan fingerprint density at radius 3 is 2.03 bits per heavy atom. The van der Waals surface area contributed by atoms with Crippen LogP contribution in [0.1, 0.15) is 32.6 Å². The standard InChI is InChI=1S/C30H23NO4/c32-28(22-12-4-1-5-13-22)26-19-11-10-14-23(26)20-27-31-29(24-15-6-2-7-16-24)30(35-27,34-21-33-29)25-17-8-3-9-18-25/h1-19H,20-21H2. The molecule has 5 heteroatoms. The second-order valence-electron chi connectivity index (χ2n) is 8.54. The van der Waals surface area contributed by atoms with E-state index in [1.807, 2.05) is 115 Å². The number of nitrogens with zero attached hydrogens (tertiary/aromatic N) is 1. The Bertz CT molecular complexity index is 1390. The lowest BCUT2D eigenvalue weighted by Crippen LogP contribution is -2.44. The lowest BCUT2D eigenvalue weighted by molar-refractivity contribution is -0.192. The minimum absolute atomic E-state index is 0.0389. The molecule has 2 heterocycles. The van der Waals surface area contributed by atoms with Crippen LogP contribution < -0.4 is 0 Å². The predicted molar refractivity (Wildman–Crippen MR) is 132 cm³/mol. The Hall–Kier alpha value is -4.06. The molecule has 172 valence electrons. The van der Waals surface area contributed by atoms with Gasteiger partial charge in [-0.2, -0.15) is 0 Å². The summed E-state index contributed by atoms with van der Waals surface area (Å²) >= 11 is 0. The summed E-state index contributed by atoms with van der Waals surface area (Å²) in [5.74, 6) is -0.850. The first-order chi connectivity index (χ1) is 17.2. The summed E-state index contributed by atoms with van der Waals surface area (Å²) in [6.07, 6.45) is 0.324. The van der Waals surface area contributed by atoms with E-state index in [2.05, 4.69) is 0 Å². The van der Waals surface area contributed by atoms with E-state index in [1.54, 1.807) is 0 Å². The first kappa shape index (κ1) is 21.5. The lowest BCUT2D eigenvalue weighted by atomic mass is 9.89. The molecule has 0 N–H and O–H groups in total. The van der Waals surface area contributed by atoms with E-state index >= 15 is 0 Å². The summed E-state index contributed by atoms with van der Waals surface area (Å²) in [6.45, 7) is 0.0453. The van der Waals surface area contributed by atoms with E-state index in [0.29, 0.717) is 23.4 Å². The smallest absolute Gasteiger partial charge is 0.295 e. The fraction of sp³-hybridized carbons (Fsp3) is 0.133. The van der Waals surface area contributed by atoms with Crippen molar-refractivity contribution in [3.05, 3.63) is 143 Å². The average Bonchev–Trinajstić information content (AvgIpc) is 3.44. The highest BCUT2D eigenvalue weighted by Gasteiger charge is 2.67. The Kier molecular flexibility index (Phi) is 5.29. The van der Waals surface area contributed by atoms with Crippen LogP contribution in [0.4, 0.5) is 0 Å². The fourth-order valence-corrected chi connectivity index (χ4v) is 4.84. The molecule has 4 aromatic rings. The topological polar surface area (TPSA) is 57.1 Å². The molecule has 0 aromatic heterocycles. The van der Waals surface area contributed by atoms with Gasteiger partial charge < -0.3 is 14.2 Å². The van der Waals surface area contributed by atoms with Crippen molar-refractivity contribution >= 4 is 11.7 Å². The molecule has 0 spiro atoms. The third-order valence-corrected chi connectivity index (χ3v) is 6.48. The summed E-state index contributed by atoms with van der Waals surface area (Å²) in [4.78, 5) is 18.3. The van der Waals surface area contributed by atoms with Crippen molar-refractivity contribution in [3.63, 3.8) is 0 Å². The van der Waals surface area contributed by atoms with Crippen molar-refractivity contribution in [3.8, 4) is 0 Å². The maximum Gasteiger partial charge on any atom is 0.295 e. The molecule has 2 aliphatic heterocycles. The van der Waals surface area contributed by atoms with E-state index in [0.717, 1.165) is 16.7 Å². The monoisotopic (exact) mass is 461 g/mol. The van der Waals surface area contributed by atoms with E-state index in [4.69, 9.17) is 19.2 Å². The van der Waals surface area contributed by atoms with Gasteiger partial charge >= 0.3 is 0 Å².